The van der Waals surface area contributed by atoms with Crippen LogP contribution in [0.15, 0.2) is 102 Å². The topological polar surface area (TPSA) is 93.6 Å². The zero-order chi connectivity index (χ0) is 26.3. The number of thioether (sulfide) groups is 1. The molecule has 1 fully saturated rings. The summed E-state index contributed by atoms with van der Waals surface area (Å²) in [7, 11) is 0. The van der Waals surface area contributed by atoms with Crippen molar-refractivity contribution in [3.8, 4) is 0 Å². The van der Waals surface area contributed by atoms with Crippen molar-refractivity contribution >= 4 is 23.4 Å². The smallest absolute Gasteiger partial charge is 0.257 e. The number of benzene rings is 2. The van der Waals surface area contributed by atoms with Gasteiger partial charge in [-0.1, -0.05) is 49.4 Å². The molecule has 4 aromatic rings. The number of hydrogen-bond donors (Lipinski definition) is 2. The van der Waals surface area contributed by atoms with Crippen molar-refractivity contribution in [2.45, 2.75) is 37.1 Å². The van der Waals surface area contributed by atoms with E-state index < -0.39 is 6.29 Å². The highest BCUT2D eigenvalue weighted by atomic mass is 32.2. The van der Waals surface area contributed by atoms with Crippen molar-refractivity contribution in [3.05, 3.63) is 120 Å². The van der Waals surface area contributed by atoms with E-state index in [0.717, 1.165) is 21.7 Å². The van der Waals surface area contributed by atoms with Gasteiger partial charge in [-0.15, -0.1) is 11.8 Å². The first kappa shape index (κ1) is 26.1. The van der Waals surface area contributed by atoms with E-state index in [1.807, 2.05) is 66.7 Å². The largest absolute Gasteiger partial charge is 0.392 e. The summed E-state index contributed by atoms with van der Waals surface area (Å²) in [6.07, 6.45) is 3.99. The fourth-order valence-corrected chi connectivity index (χ4v) is 5.40. The highest BCUT2D eigenvalue weighted by Gasteiger charge is 2.38. The van der Waals surface area contributed by atoms with Crippen molar-refractivity contribution in [3.63, 3.8) is 0 Å². The molecule has 2 aromatic heterocycles. The summed E-state index contributed by atoms with van der Waals surface area (Å²) < 4.78 is 13.1. The number of carbonyl (C=O) groups excluding carboxylic acids is 1. The Morgan fingerprint density at radius 2 is 1.84 bits per heavy atom. The molecule has 8 heteroatoms. The molecule has 1 amide bonds. The van der Waals surface area contributed by atoms with Crippen LogP contribution < -0.4 is 5.32 Å². The van der Waals surface area contributed by atoms with Crippen molar-refractivity contribution in [2.24, 2.45) is 5.92 Å². The lowest BCUT2D eigenvalue weighted by molar-refractivity contribution is -0.268. The van der Waals surface area contributed by atoms with E-state index in [2.05, 4.69) is 22.2 Å². The fraction of sp³-hybridized carbons (Fsp3) is 0.233. The van der Waals surface area contributed by atoms with Crippen LogP contribution >= 0.6 is 11.8 Å². The lowest BCUT2D eigenvalue weighted by Crippen LogP contribution is -2.38. The molecule has 4 atom stereocenters. The highest BCUT2D eigenvalue weighted by Crippen LogP contribution is 2.43. The minimum Gasteiger partial charge on any atom is -0.392 e. The molecule has 5 rings (SSSR count). The molecule has 0 aliphatic carbocycles. The maximum absolute atomic E-state index is 12.7. The number of aliphatic hydroxyl groups is 1. The van der Waals surface area contributed by atoms with E-state index in [0.29, 0.717) is 17.0 Å². The van der Waals surface area contributed by atoms with E-state index in [9.17, 15) is 9.90 Å². The Morgan fingerprint density at radius 3 is 2.58 bits per heavy atom. The van der Waals surface area contributed by atoms with Crippen LogP contribution in [0.5, 0.6) is 0 Å². The monoisotopic (exact) mass is 527 g/mol. The number of amides is 1. The first-order valence-corrected chi connectivity index (χ1v) is 13.4. The second-order valence-electron chi connectivity index (χ2n) is 9.12. The van der Waals surface area contributed by atoms with Gasteiger partial charge in [-0.25, -0.2) is 4.98 Å². The van der Waals surface area contributed by atoms with Gasteiger partial charge in [0.2, 0.25) is 0 Å². The maximum atomic E-state index is 12.7. The van der Waals surface area contributed by atoms with Crippen LogP contribution in [0.4, 0.5) is 5.69 Å². The normalized spacial score (nSPS) is 21.1. The number of rotatable bonds is 8. The molecule has 0 radical (unpaired) electrons. The number of carbonyl (C=O) groups is 1. The minimum atomic E-state index is -0.627. The van der Waals surface area contributed by atoms with Crippen LogP contribution in [0.25, 0.3) is 0 Å². The quantitative estimate of drug-likeness (QED) is 0.280. The van der Waals surface area contributed by atoms with Gasteiger partial charge in [0.15, 0.2) is 6.29 Å². The van der Waals surface area contributed by atoms with Crippen molar-refractivity contribution in [1.82, 2.24) is 9.97 Å². The zero-order valence-corrected chi connectivity index (χ0v) is 21.8. The lowest BCUT2D eigenvalue weighted by Gasteiger charge is -2.41. The lowest BCUT2D eigenvalue weighted by atomic mass is 9.91. The maximum Gasteiger partial charge on any atom is 0.257 e. The molecule has 2 N–H and O–H groups in total. The number of anilines is 1. The van der Waals surface area contributed by atoms with Crippen LogP contribution in [-0.2, 0) is 16.1 Å². The van der Waals surface area contributed by atoms with Crippen LogP contribution in [-0.4, -0.2) is 32.8 Å². The third kappa shape index (κ3) is 6.28. The molecule has 194 valence electrons. The van der Waals surface area contributed by atoms with Gasteiger partial charge in [-0.05, 0) is 47.5 Å². The molecule has 1 aliphatic heterocycles. The van der Waals surface area contributed by atoms with Gasteiger partial charge in [0.05, 0.1) is 29.4 Å². The van der Waals surface area contributed by atoms with Gasteiger partial charge >= 0.3 is 0 Å². The Bertz CT molecular complexity index is 1340. The third-order valence-corrected chi connectivity index (χ3v) is 7.53. The number of ether oxygens (including phenoxy) is 2. The van der Waals surface area contributed by atoms with Crippen molar-refractivity contribution < 1.29 is 19.4 Å². The molecule has 1 saturated heterocycles. The number of nitrogens with zero attached hydrogens (tertiary/aromatic N) is 2. The Kier molecular flexibility index (Phi) is 8.45. The van der Waals surface area contributed by atoms with E-state index in [-0.39, 0.29) is 30.6 Å². The van der Waals surface area contributed by atoms with Gasteiger partial charge in [0.1, 0.15) is 0 Å². The first-order chi connectivity index (χ1) is 18.6. The molecular formula is C30H29N3O4S. The number of nitrogens with one attached hydrogen (secondary N) is 1. The van der Waals surface area contributed by atoms with Gasteiger partial charge < -0.3 is 19.9 Å². The second kappa shape index (κ2) is 12.3. The van der Waals surface area contributed by atoms with Crippen LogP contribution in [0, 0.1) is 5.92 Å². The van der Waals surface area contributed by atoms with Gasteiger partial charge in [0.25, 0.3) is 5.91 Å². The summed E-state index contributed by atoms with van der Waals surface area (Å²) in [5.74, 6) is 0.539. The van der Waals surface area contributed by atoms with Crippen molar-refractivity contribution in [2.75, 3.05) is 11.1 Å². The summed E-state index contributed by atoms with van der Waals surface area (Å²) in [4.78, 5) is 21.1. The second-order valence-corrected chi connectivity index (χ2v) is 10.2. The SMILES string of the molecule is C[C@H]1[C@@H](CSc2ccccn2)O[C@@H](c2cccc(NC(=O)c3cccnc3)c2)O[C@H]1c1ccc(CO)cc1. The molecule has 0 spiro atoms. The van der Waals surface area contributed by atoms with Crippen LogP contribution in [0.3, 0.4) is 0 Å². The van der Waals surface area contributed by atoms with Gasteiger partial charge in [0, 0.05) is 41.5 Å². The molecule has 1 aliphatic rings. The van der Waals surface area contributed by atoms with E-state index in [4.69, 9.17) is 9.47 Å². The van der Waals surface area contributed by atoms with E-state index in [1.54, 1.807) is 36.3 Å². The fourth-order valence-electron chi connectivity index (χ4n) is 4.37. The average Bonchev–Trinajstić information content (AvgIpc) is 2.98. The van der Waals surface area contributed by atoms with Gasteiger partial charge in [-0.3, -0.25) is 9.78 Å². The Morgan fingerprint density at radius 1 is 0.974 bits per heavy atom. The standard InChI is InChI=1S/C30H29N3O4S/c1-20-26(19-38-27-9-2-3-15-32-27)36-30(37-28(20)22-12-10-21(18-34)11-13-22)23-6-4-8-25(16-23)33-29(35)24-7-5-14-31-17-24/h2-17,20,26,28,30,34H,18-19H2,1H3,(H,33,35)/t20-,26+,28+,30+/m0/s1. The Balaban J connectivity index is 1.38. The molecule has 0 saturated carbocycles. The zero-order valence-electron chi connectivity index (χ0n) is 20.9. The van der Waals surface area contributed by atoms with Crippen LogP contribution in [0.2, 0.25) is 0 Å². The molecule has 3 heterocycles. The summed E-state index contributed by atoms with van der Waals surface area (Å²) in [6, 6.07) is 24.7. The predicted octanol–water partition coefficient (Wildman–Crippen LogP) is 5.80. The molecule has 0 bridgehead atoms. The summed E-state index contributed by atoms with van der Waals surface area (Å²) in [5, 5.41) is 13.3. The number of aromatic nitrogens is 2. The van der Waals surface area contributed by atoms with Gasteiger partial charge in [-0.2, -0.15) is 0 Å². The molecule has 7 nitrogen and oxygen atoms in total. The number of pyridine rings is 2. The Hall–Kier alpha value is -3.56. The molecule has 0 unspecified atom stereocenters. The van der Waals surface area contributed by atoms with Crippen LogP contribution in [0.1, 0.15) is 46.4 Å². The predicted molar refractivity (Wildman–Crippen MR) is 147 cm³/mol. The molecule has 2 aromatic carbocycles. The van der Waals surface area contributed by atoms with E-state index >= 15 is 0 Å². The van der Waals surface area contributed by atoms with Crippen molar-refractivity contribution in [1.29, 1.82) is 0 Å². The number of hydrogen-bond acceptors (Lipinski definition) is 7. The first-order valence-electron chi connectivity index (χ1n) is 12.5. The Labute approximate surface area is 226 Å². The average molecular weight is 528 g/mol. The van der Waals surface area contributed by atoms with E-state index in [1.165, 1.54) is 6.20 Å². The third-order valence-electron chi connectivity index (χ3n) is 6.50. The summed E-state index contributed by atoms with van der Waals surface area (Å²) >= 11 is 1.65. The number of aliphatic hydroxyl groups excluding tert-OH is 1. The summed E-state index contributed by atoms with van der Waals surface area (Å²) in [5.41, 5.74) is 3.81. The molecule has 38 heavy (non-hydrogen) atoms. The molecular weight excluding hydrogens is 498 g/mol. The summed E-state index contributed by atoms with van der Waals surface area (Å²) in [6.45, 7) is 2.13. The highest BCUT2D eigenvalue weighted by molar-refractivity contribution is 7.99. The minimum absolute atomic E-state index is 0.00596.